The molecule has 1 aliphatic carbocycles. The minimum absolute atomic E-state index is 0.138. The maximum Gasteiger partial charge on any atom is 0.240 e. The highest BCUT2D eigenvalue weighted by Gasteiger charge is 2.23. The molecule has 0 unspecified atom stereocenters. The number of amides is 1. The van der Waals surface area contributed by atoms with Crippen molar-refractivity contribution in [3.63, 3.8) is 0 Å². The van der Waals surface area contributed by atoms with Gasteiger partial charge in [0, 0.05) is 6.04 Å². The Kier molecular flexibility index (Phi) is 5.61. The lowest BCUT2D eigenvalue weighted by Gasteiger charge is -2.26. The second-order valence-corrected chi connectivity index (χ2v) is 7.74. The number of nitrogens with zero attached hydrogens (tertiary/aromatic N) is 2. The molecule has 1 N–H and O–H groups in total. The fraction of sp³-hybridized carbons (Fsp3) is 0.500. The number of nitrogens with one attached hydrogen (secondary N) is 1. The number of carbonyl (C=O) groups is 1. The van der Waals surface area contributed by atoms with E-state index < -0.39 is 10.0 Å². The maximum atomic E-state index is 12.2. The third kappa shape index (κ3) is 4.96. The van der Waals surface area contributed by atoms with Gasteiger partial charge < -0.3 is 5.32 Å². The fourth-order valence-electron chi connectivity index (χ4n) is 2.75. The van der Waals surface area contributed by atoms with Crippen LogP contribution < -0.4 is 9.62 Å². The summed E-state index contributed by atoms with van der Waals surface area (Å²) in [4.78, 5) is 12.2. The van der Waals surface area contributed by atoms with Crippen molar-refractivity contribution in [2.24, 2.45) is 0 Å². The van der Waals surface area contributed by atoms with E-state index in [0.717, 1.165) is 36.2 Å². The van der Waals surface area contributed by atoms with Gasteiger partial charge in [-0.1, -0.05) is 19.3 Å². The monoisotopic (exact) mass is 335 g/mol. The smallest absolute Gasteiger partial charge is 0.240 e. The number of nitriles is 1. The lowest BCUT2D eigenvalue weighted by molar-refractivity contribution is -0.120. The number of hydrogen-bond acceptors (Lipinski definition) is 4. The molecule has 1 amide bonds. The van der Waals surface area contributed by atoms with Crippen LogP contribution in [0.15, 0.2) is 24.3 Å². The molecule has 1 fully saturated rings. The van der Waals surface area contributed by atoms with Crippen molar-refractivity contribution < 1.29 is 13.2 Å². The number of carbonyl (C=O) groups excluding carboxylic acids is 1. The van der Waals surface area contributed by atoms with Crippen molar-refractivity contribution in [3.8, 4) is 6.07 Å². The molecule has 0 aromatic heterocycles. The second-order valence-electron chi connectivity index (χ2n) is 5.83. The van der Waals surface area contributed by atoms with E-state index in [2.05, 4.69) is 5.32 Å². The zero-order valence-electron chi connectivity index (χ0n) is 13.2. The standard InChI is InChI=1S/C16H21N3O3S/c1-23(21,22)19(15-9-7-13(11-17)8-10-15)12-16(20)18-14-5-3-2-4-6-14/h7-10,14H,2-6,12H2,1H3,(H,18,20). The quantitative estimate of drug-likeness (QED) is 0.888. The van der Waals surface area contributed by atoms with Crippen LogP contribution in [-0.2, 0) is 14.8 Å². The Hall–Kier alpha value is -2.07. The van der Waals surface area contributed by atoms with E-state index in [1.807, 2.05) is 6.07 Å². The maximum absolute atomic E-state index is 12.2. The molecule has 1 saturated carbocycles. The van der Waals surface area contributed by atoms with Gasteiger partial charge >= 0.3 is 0 Å². The molecule has 0 spiro atoms. The van der Waals surface area contributed by atoms with Crippen LogP contribution in [0.4, 0.5) is 5.69 Å². The number of anilines is 1. The molecule has 6 nitrogen and oxygen atoms in total. The molecule has 1 aromatic carbocycles. The highest BCUT2D eigenvalue weighted by Crippen LogP contribution is 2.19. The summed E-state index contributed by atoms with van der Waals surface area (Å²) in [6.45, 7) is -0.249. The second kappa shape index (κ2) is 7.47. The van der Waals surface area contributed by atoms with Gasteiger partial charge in [0.25, 0.3) is 0 Å². The van der Waals surface area contributed by atoms with Gasteiger partial charge in [-0.3, -0.25) is 9.10 Å². The van der Waals surface area contributed by atoms with E-state index in [-0.39, 0.29) is 18.5 Å². The molecule has 0 saturated heterocycles. The van der Waals surface area contributed by atoms with E-state index in [4.69, 9.17) is 5.26 Å². The van der Waals surface area contributed by atoms with Crippen molar-refractivity contribution in [1.82, 2.24) is 5.32 Å². The number of hydrogen-bond donors (Lipinski definition) is 1. The van der Waals surface area contributed by atoms with Gasteiger partial charge in [-0.2, -0.15) is 5.26 Å². The Labute approximate surface area is 137 Å². The van der Waals surface area contributed by atoms with Gasteiger partial charge in [0.05, 0.1) is 23.6 Å². The summed E-state index contributed by atoms with van der Waals surface area (Å²) in [6.07, 6.45) is 6.34. The van der Waals surface area contributed by atoms with E-state index in [0.29, 0.717) is 11.3 Å². The molecule has 7 heteroatoms. The fourth-order valence-corrected chi connectivity index (χ4v) is 3.61. The van der Waals surface area contributed by atoms with Crippen LogP contribution in [0.25, 0.3) is 0 Å². The zero-order valence-corrected chi connectivity index (χ0v) is 14.0. The van der Waals surface area contributed by atoms with E-state index in [9.17, 15) is 13.2 Å². The van der Waals surface area contributed by atoms with Gasteiger partial charge in [0.15, 0.2) is 0 Å². The van der Waals surface area contributed by atoms with Crippen LogP contribution in [0.3, 0.4) is 0 Å². The molecule has 23 heavy (non-hydrogen) atoms. The summed E-state index contributed by atoms with van der Waals surface area (Å²) < 4.78 is 25.1. The van der Waals surface area contributed by atoms with E-state index in [1.54, 1.807) is 0 Å². The number of sulfonamides is 1. The molecule has 0 heterocycles. The molecule has 2 rings (SSSR count). The van der Waals surface area contributed by atoms with Gasteiger partial charge in [-0.05, 0) is 37.1 Å². The lowest BCUT2D eigenvalue weighted by atomic mass is 9.95. The lowest BCUT2D eigenvalue weighted by Crippen LogP contribution is -2.44. The summed E-state index contributed by atoms with van der Waals surface area (Å²) in [7, 11) is -3.58. The summed E-state index contributed by atoms with van der Waals surface area (Å²) in [5.74, 6) is -0.299. The van der Waals surface area contributed by atoms with Crippen molar-refractivity contribution in [2.75, 3.05) is 17.1 Å². The first kappa shape index (κ1) is 17.3. The first-order chi connectivity index (χ1) is 10.9. The molecule has 124 valence electrons. The van der Waals surface area contributed by atoms with Crippen molar-refractivity contribution >= 4 is 21.6 Å². The zero-order chi connectivity index (χ0) is 16.9. The first-order valence-electron chi connectivity index (χ1n) is 7.67. The van der Waals surface area contributed by atoms with E-state index in [1.165, 1.54) is 30.7 Å². The topological polar surface area (TPSA) is 90.3 Å². The molecule has 0 bridgehead atoms. The third-order valence-electron chi connectivity index (χ3n) is 3.94. The first-order valence-corrected chi connectivity index (χ1v) is 9.52. The predicted molar refractivity (Wildman–Crippen MR) is 88.4 cm³/mol. The van der Waals surface area contributed by atoms with Gasteiger partial charge in [-0.25, -0.2) is 8.42 Å². The Morgan fingerprint density at radius 2 is 1.87 bits per heavy atom. The molecule has 0 radical (unpaired) electrons. The van der Waals surface area contributed by atoms with Gasteiger partial charge in [-0.15, -0.1) is 0 Å². The molecule has 0 aliphatic heterocycles. The van der Waals surface area contributed by atoms with Crippen LogP contribution in [0.5, 0.6) is 0 Å². The molecule has 1 aromatic rings. The highest BCUT2D eigenvalue weighted by molar-refractivity contribution is 7.92. The van der Waals surface area contributed by atoms with Crippen LogP contribution in [0.2, 0.25) is 0 Å². The largest absolute Gasteiger partial charge is 0.352 e. The van der Waals surface area contributed by atoms with Crippen LogP contribution in [-0.4, -0.2) is 33.2 Å². The average molecular weight is 335 g/mol. The van der Waals surface area contributed by atoms with Crippen LogP contribution >= 0.6 is 0 Å². The van der Waals surface area contributed by atoms with Crippen molar-refractivity contribution in [2.45, 2.75) is 38.1 Å². The summed E-state index contributed by atoms with van der Waals surface area (Å²) in [5.41, 5.74) is 0.819. The summed E-state index contributed by atoms with van der Waals surface area (Å²) in [6, 6.07) is 8.26. The SMILES string of the molecule is CS(=O)(=O)N(CC(=O)NC1CCCCC1)c1ccc(C#N)cc1. The van der Waals surface area contributed by atoms with Gasteiger partial charge in [0.2, 0.25) is 15.9 Å². The predicted octanol–water partition coefficient (Wildman–Crippen LogP) is 1.77. The highest BCUT2D eigenvalue weighted by atomic mass is 32.2. The average Bonchev–Trinajstić information content (AvgIpc) is 2.53. The Morgan fingerprint density at radius 1 is 1.26 bits per heavy atom. The number of benzene rings is 1. The Morgan fingerprint density at radius 3 is 2.39 bits per heavy atom. The molecule has 0 atom stereocenters. The minimum atomic E-state index is -3.58. The van der Waals surface area contributed by atoms with Crippen molar-refractivity contribution in [3.05, 3.63) is 29.8 Å². The third-order valence-corrected chi connectivity index (χ3v) is 5.08. The normalized spacial score (nSPS) is 15.7. The Bertz CT molecular complexity index is 686. The van der Waals surface area contributed by atoms with Crippen LogP contribution in [0.1, 0.15) is 37.7 Å². The molecular formula is C16H21N3O3S. The number of rotatable bonds is 5. The van der Waals surface area contributed by atoms with Gasteiger partial charge in [0.1, 0.15) is 6.54 Å². The van der Waals surface area contributed by atoms with Crippen molar-refractivity contribution in [1.29, 1.82) is 5.26 Å². The minimum Gasteiger partial charge on any atom is -0.352 e. The molecule has 1 aliphatic rings. The van der Waals surface area contributed by atoms with Crippen LogP contribution in [0, 0.1) is 11.3 Å². The summed E-state index contributed by atoms with van der Waals surface area (Å²) in [5, 5.41) is 11.7. The molecular weight excluding hydrogens is 314 g/mol. The van der Waals surface area contributed by atoms with E-state index >= 15 is 0 Å². The Balaban J connectivity index is 2.09. The summed E-state index contributed by atoms with van der Waals surface area (Å²) >= 11 is 0.